The lowest BCUT2D eigenvalue weighted by atomic mass is 9.93. The summed E-state index contributed by atoms with van der Waals surface area (Å²) < 4.78 is 10.9. The van der Waals surface area contributed by atoms with Crippen molar-refractivity contribution in [3.8, 4) is 22.6 Å². The first kappa shape index (κ1) is 20.1. The minimum absolute atomic E-state index is 0.0535. The SMILES string of the molecule is Cc1ccc(NC(=O)C2(c3ccc4c(c3)OCO4)CC2)cc1-c1cc(C(=O)O)ccc1C. The molecule has 162 valence electrons. The average Bonchev–Trinajstić information content (AvgIpc) is 3.46. The van der Waals surface area contributed by atoms with Crippen LogP contribution in [0, 0.1) is 13.8 Å². The van der Waals surface area contributed by atoms with Gasteiger partial charge in [-0.1, -0.05) is 18.2 Å². The van der Waals surface area contributed by atoms with E-state index in [0.717, 1.165) is 40.7 Å². The second kappa shape index (κ2) is 7.41. The summed E-state index contributed by atoms with van der Waals surface area (Å²) in [7, 11) is 0. The van der Waals surface area contributed by atoms with E-state index in [1.807, 2.05) is 56.3 Å². The predicted molar refractivity (Wildman–Crippen MR) is 120 cm³/mol. The molecule has 3 aromatic rings. The van der Waals surface area contributed by atoms with Gasteiger partial charge in [-0.3, -0.25) is 4.79 Å². The van der Waals surface area contributed by atoms with Crippen molar-refractivity contribution in [1.29, 1.82) is 0 Å². The monoisotopic (exact) mass is 429 g/mol. The van der Waals surface area contributed by atoms with Gasteiger partial charge >= 0.3 is 5.97 Å². The molecule has 6 heteroatoms. The first-order valence-electron chi connectivity index (χ1n) is 10.5. The summed E-state index contributed by atoms with van der Waals surface area (Å²) in [6.07, 6.45) is 1.55. The quantitative estimate of drug-likeness (QED) is 0.592. The van der Waals surface area contributed by atoms with Gasteiger partial charge in [0, 0.05) is 5.69 Å². The lowest BCUT2D eigenvalue weighted by Crippen LogP contribution is -2.27. The average molecular weight is 429 g/mol. The number of rotatable bonds is 5. The molecule has 1 amide bonds. The third-order valence-electron chi connectivity index (χ3n) is 6.38. The number of hydrogen-bond acceptors (Lipinski definition) is 4. The maximum atomic E-state index is 13.3. The Morgan fingerprint density at radius 3 is 2.28 bits per heavy atom. The lowest BCUT2D eigenvalue weighted by Gasteiger charge is -2.18. The van der Waals surface area contributed by atoms with Crippen LogP contribution >= 0.6 is 0 Å². The zero-order valence-corrected chi connectivity index (χ0v) is 17.9. The van der Waals surface area contributed by atoms with E-state index in [2.05, 4.69) is 5.32 Å². The fourth-order valence-electron chi connectivity index (χ4n) is 4.25. The number of carboxylic acid groups (broad SMARTS) is 1. The molecule has 1 fully saturated rings. The summed E-state index contributed by atoms with van der Waals surface area (Å²) in [5, 5.41) is 12.5. The summed E-state index contributed by atoms with van der Waals surface area (Å²) >= 11 is 0. The van der Waals surface area contributed by atoms with Crippen molar-refractivity contribution in [1.82, 2.24) is 0 Å². The van der Waals surface area contributed by atoms with Crippen LogP contribution < -0.4 is 14.8 Å². The Morgan fingerprint density at radius 2 is 1.56 bits per heavy atom. The molecule has 1 heterocycles. The van der Waals surface area contributed by atoms with E-state index in [9.17, 15) is 14.7 Å². The highest BCUT2D eigenvalue weighted by Gasteiger charge is 2.51. The smallest absolute Gasteiger partial charge is 0.335 e. The Balaban J connectivity index is 1.44. The molecule has 32 heavy (non-hydrogen) atoms. The molecule has 3 aromatic carbocycles. The molecule has 0 unspecified atom stereocenters. The summed E-state index contributed by atoms with van der Waals surface area (Å²) in [6.45, 7) is 4.12. The van der Waals surface area contributed by atoms with Gasteiger partial charge in [-0.15, -0.1) is 0 Å². The first-order chi connectivity index (χ1) is 15.4. The van der Waals surface area contributed by atoms with Crippen molar-refractivity contribution in [2.45, 2.75) is 32.1 Å². The third kappa shape index (κ3) is 3.38. The molecule has 1 saturated carbocycles. The van der Waals surface area contributed by atoms with E-state index < -0.39 is 11.4 Å². The summed E-state index contributed by atoms with van der Waals surface area (Å²) in [4.78, 5) is 24.7. The summed E-state index contributed by atoms with van der Waals surface area (Å²) in [6, 6.07) is 16.5. The van der Waals surface area contributed by atoms with Crippen LogP contribution in [0.4, 0.5) is 5.69 Å². The molecule has 6 nitrogen and oxygen atoms in total. The van der Waals surface area contributed by atoms with E-state index in [4.69, 9.17) is 9.47 Å². The highest BCUT2D eigenvalue weighted by molar-refractivity contribution is 6.02. The largest absolute Gasteiger partial charge is 0.478 e. The van der Waals surface area contributed by atoms with Crippen LogP contribution in [-0.2, 0) is 10.2 Å². The number of ether oxygens (including phenoxy) is 2. The normalized spacial score (nSPS) is 15.3. The van der Waals surface area contributed by atoms with Crippen LogP contribution in [0.15, 0.2) is 54.6 Å². The van der Waals surface area contributed by atoms with Crippen molar-refractivity contribution in [2.75, 3.05) is 12.1 Å². The number of fused-ring (bicyclic) bond motifs is 1. The molecule has 2 aliphatic rings. The molecule has 0 saturated heterocycles. The van der Waals surface area contributed by atoms with Crippen LogP contribution in [0.3, 0.4) is 0 Å². The van der Waals surface area contributed by atoms with E-state index in [0.29, 0.717) is 17.2 Å². The molecule has 1 aliphatic heterocycles. The minimum atomic E-state index is -0.965. The van der Waals surface area contributed by atoms with Crippen molar-refractivity contribution in [3.63, 3.8) is 0 Å². The van der Waals surface area contributed by atoms with E-state index in [1.165, 1.54) is 0 Å². The topological polar surface area (TPSA) is 84.9 Å². The number of amides is 1. The molecule has 1 aliphatic carbocycles. The van der Waals surface area contributed by atoms with Crippen molar-refractivity contribution in [3.05, 3.63) is 76.9 Å². The Hall–Kier alpha value is -3.80. The number of hydrogen-bond donors (Lipinski definition) is 2. The number of aryl methyl sites for hydroxylation is 2. The van der Waals surface area contributed by atoms with Crippen molar-refractivity contribution < 1.29 is 24.2 Å². The van der Waals surface area contributed by atoms with Crippen LogP contribution in [0.1, 0.15) is 39.9 Å². The third-order valence-corrected chi connectivity index (χ3v) is 6.38. The maximum Gasteiger partial charge on any atom is 0.335 e. The van der Waals surface area contributed by atoms with Crippen LogP contribution in [0.5, 0.6) is 11.5 Å². The molecule has 0 aromatic heterocycles. The van der Waals surface area contributed by atoms with Crippen LogP contribution in [-0.4, -0.2) is 23.8 Å². The van der Waals surface area contributed by atoms with Crippen LogP contribution in [0.2, 0.25) is 0 Å². The molecule has 0 radical (unpaired) electrons. The number of nitrogens with one attached hydrogen (secondary N) is 1. The van der Waals surface area contributed by atoms with Gasteiger partial charge < -0.3 is 19.9 Å². The first-order valence-corrected chi connectivity index (χ1v) is 10.5. The highest BCUT2D eigenvalue weighted by atomic mass is 16.7. The summed E-state index contributed by atoms with van der Waals surface area (Å²) in [5.74, 6) is 0.356. The van der Waals surface area contributed by atoms with Gasteiger partial charge in [0.25, 0.3) is 0 Å². The molecule has 0 atom stereocenters. The number of aromatic carboxylic acids is 1. The van der Waals surface area contributed by atoms with E-state index in [1.54, 1.807) is 12.1 Å². The van der Waals surface area contributed by atoms with E-state index >= 15 is 0 Å². The molecular weight excluding hydrogens is 406 g/mol. The second-order valence-corrected chi connectivity index (χ2v) is 8.47. The predicted octanol–water partition coefficient (Wildman–Crippen LogP) is 5.07. The number of carbonyl (C=O) groups excluding carboxylic acids is 1. The fraction of sp³-hybridized carbons (Fsp3) is 0.231. The van der Waals surface area contributed by atoms with Gasteiger partial charge in [-0.25, -0.2) is 4.79 Å². The van der Waals surface area contributed by atoms with Gasteiger partial charge in [0.05, 0.1) is 11.0 Å². The van der Waals surface area contributed by atoms with E-state index in [-0.39, 0.29) is 18.3 Å². The van der Waals surface area contributed by atoms with Crippen molar-refractivity contribution in [2.24, 2.45) is 0 Å². The zero-order chi connectivity index (χ0) is 22.5. The van der Waals surface area contributed by atoms with Gasteiger partial charge in [0.2, 0.25) is 12.7 Å². The highest BCUT2D eigenvalue weighted by Crippen LogP contribution is 2.51. The Labute approximate surface area is 185 Å². The standard InChI is InChI=1S/C26H23NO5/c1-15-3-5-17(24(28)29)11-20(15)21-13-19(7-4-16(21)2)27-25(30)26(9-10-26)18-6-8-22-23(12-18)32-14-31-22/h3-8,11-13H,9-10,14H2,1-2H3,(H,27,30)(H,28,29). The number of carbonyl (C=O) groups is 2. The molecule has 2 N–H and O–H groups in total. The lowest BCUT2D eigenvalue weighted by molar-refractivity contribution is -0.118. The number of anilines is 1. The molecule has 5 rings (SSSR count). The number of carboxylic acids is 1. The van der Waals surface area contributed by atoms with Gasteiger partial charge in [0.1, 0.15) is 0 Å². The second-order valence-electron chi connectivity index (χ2n) is 8.47. The molecule has 0 bridgehead atoms. The van der Waals surface area contributed by atoms with Crippen molar-refractivity contribution >= 4 is 17.6 Å². The Morgan fingerprint density at radius 1 is 0.875 bits per heavy atom. The fourth-order valence-corrected chi connectivity index (χ4v) is 4.25. The van der Waals surface area contributed by atoms with Crippen LogP contribution in [0.25, 0.3) is 11.1 Å². The zero-order valence-electron chi connectivity index (χ0n) is 17.9. The summed E-state index contributed by atoms with van der Waals surface area (Å²) in [5.41, 5.74) is 5.00. The molecule has 0 spiro atoms. The maximum absolute atomic E-state index is 13.3. The number of benzene rings is 3. The van der Waals surface area contributed by atoms with Gasteiger partial charge in [0.15, 0.2) is 11.5 Å². The van der Waals surface area contributed by atoms with Gasteiger partial charge in [-0.2, -0.15) is 0 Å². The Bertz CT molecular complexity index is 1260. The minimum Gasteiger partial charge on any atom is -0.478 e. The Kier molecular flexibility index (Phi) is 4.66. The molecular formula is C26H23NO5. The van der Waals surface area contributed by atoms with Gasteiger partial charge in [-0.05, 0) is 90.9 Å².